The fourth-order valence-corrected chi connectivity index (χ4v) is 1.29. The molecule has 0 aromatic rings. The smallest absolute Gasteiger partial charge is 0.0367 e. The molecular formula is C7H12Cl. The first kappa shape index (κ1) is 6.41. The summed E-state index contributed by atoms with van der Waals surface area (Å²) in [6.45, 7) is 2.28. The van der Waals surface area contributed by atoms with Gasteiger partial charge in [-0.05, 0) is 31.6 Å². The number of rotatable bonds is 0. The maximum Gasteiger partial charge on any atom is 0.0367 e. The Bertz CT molecular complexity index is 52.8. The Hall–Kier alpha value is 0.290. The summed E-state index contributed by atoms with van der Waals surface area (Å²) in [4.78, 5) is 0. The van der Waals surface area contributed by atoms with Gasteiger partial charge in [0, 0.05) is 5.38 Å². The monoisotopic (exact) mass is 131 g/mol. The lowest BCUT2D eigenvalue weighted by molar-refractivity contribution is 0.451. The first-order valence-corrected chi connectivity index (χ1v) is 3.70. The molecule has 0 aliphatic heterocycles. The predicted octanol–water partition coefficient (Wildman–Crippen LogP) is 2.62. The first-order valence-electron chi connectivity index (χ1n) is 3.26. The molecular weight excluding hydrogens is 120 g/mol. The van der Waals surface area contributed by atoms with Crippen LogP contribution in [0.4, 0.5) is 0 Å². The van der Waals surface area contributed by atoms with Crippen molar-refractivity contribution in [2.75, 3.05) is 0 Å². The van der Waals surface area contributed by atoms with Gasteiger partial charge in [-0.2, -0.15) is 0 Å². The van der Waals surface area contributed by atoms with Crippen molar-refractivity contribution in [3.63, 3.8) is 0 Å². The Balaban J connectivity index is 2.19. The molecule has 0 amide bonds. The lowest BCUT2D eigenvalue weighted by Crippen LogP contribution is -2.11. The molecule has 0 spiro atoms. The third kappa shape index (κ3) is 1.66. The van der Waals surface area contributed by atoms with E-state index in [0.29, 0.717) is 5.38 Å². The van der Waals surface area contributed by atoms with Crippen LogP contribution >= 0.6 is 11.6 Å². The maximum atomic E-state index is 5.83. The van der Waals surface area contributed by atoms with Crippen LogP contribution in [0.15, 0.2) is 0 Å². The quantitative estimate of drug-likeness (QED) is 0.444. The normalized spacial score (nSPS) is 39.8. The van der Waals surface area contributed by atoms with Crippen molar-refractivity contribution >= 4 is 11.6 Å². The second-order valence-corrected chi connectivity index (χ2v) is 3.23. The van der Waals surface area contributed by atoms with E-state index in [1.807, 2.05) is 0 Å². The highest BCUT2D eigenvalue weighted by Gasteiger charge is 2.15. The Kier molecular flexibility index (Phi) is 2.18. The summed E-state index contributed by atoms with van der Waals surface area (Å²) in [7, 11) is 0. The minimum atomic E-state index is 0.367. The van der Waals surface area contributed by atoms with Gasteiger partial charge < -0.3 is 0 Å². The fraction of sp³-hybridized carbons (Fsp3) is 0.857. The van der Waals surface area contributed by atoms with E-state index < -0.39 is 0 Å². The van der Waals surface area contributed by atoms with Crippen molar-refractivity contribution in [3.8, 4) is 0 Å². The summed E-state index contributed by atoms with van der Waals surface area (Å²) < 4.78 is 0. The van der Waals surface area contributed by atoms with Crippen LogP contribution in [0.5, 0.6) is 0 Å². The van der Waals surface area contributed by atoms with Crippen molar-refractivity contribution in [2.45, 2.75) is 31.6 Å². The van der Waals surface area contributed by atoms with Gasteiger partial charge in [0.1, 0.15) is 0 Å². The molecule has 0 N–H and O–H groups in total. The summed E-state index contributed by atoms with van der Waals surface area (Å²) in [5.41, 5.74) is 0. The van der Waals surface area contributed by atoms with Crippen molar-refractivity contribution in [2.24, 2.45) is 5.92 Å². The number of hydrogen-bond donors (Lipinski definition) is 0. The number of alkyl halides is 1. The molecule has 0 aromatic carbocycles. The lowest BCUT2D eigenvalue weighted by Gasteiger charge is -2.20. The molecule has 2 unspecified atom stereocenters. The zero-order chi connectivity index (χ0) is 5.98. The maximum absolute atomic E-state index is 5.83. The molecule has 1 aliphatic carbocycles. The zero-order valence-corrected chi connectivity index (χ0v) is 5.99. The van der Waals surface area contributed by atoms with Gasteiger partial charge in [-0.3, -0.25) is 0 Å². The van der Waals surface area contributed by atoms with Crippen molar-refractivity contribution in [3.05, 3.63) is 6.42 Å². The number of halogens is 1. The Morgan fingerprint density at radius 1 is 1.50 bits per heavy atom. The molecule has 2 atom stereocenters. The van der Waals surface area contributed by atoms with Gasteiger partial charge >= 0.3 is 0 Å². The Labute approximate surface area is 56.2 Å². The summed E-state index contributed by atoms with van der Waals surface area (Å²) in [5.74, 6) is 0.880. The van der Waals surface area contributed by atoms with E-state index in [9.17, 15) is 0 Å². The molecule has 1 radical (unpaired) electrons. The van der Waals surface area contributed by atoms with Crippen LogP contribution in [-0.4, -0.2) is 5.38 Å². The molecule has 1 heteroatoms. The molecule has 8 heavy (non-hydrogen) atoms. The van der Waals surface area contributed by atoms with Gasteiger partial charge in [-0.1, -0.05) is 6.92 Å². The van der Waals surface area contributed by atoms with Crippen molar-refractivity contribution < 1.29 is 0 Å². The average molecular weight is 132 g/mol. The highest BCUT2D eigenvalue weighted by molar-refractivity contribution is 6.21. The van der Waals surface area contributed by atoms with E-state index in [1.165, 1.54) is 19.3 Å². The second-order valence-electron chi connectivity index (χ2n) is 2.67. The highest BCUT2D eigenvalue weighted by atomic mass is 35.5. The molecule has 1 rings (SSSR count). The highest BCUT2D eigenvalue weighted by Crippen LogP contribution is 2.25. The molecule has 0 saturated heterocycles. The van der Waals surface area contributed by atoms with Crippen LogP contribution in [0.25, 0.3) is 0 Å². The molecule has 0 bridgehead atoms. The summed E-state index contributed by atoms with van der Waals surface area (Å²) in [6, 6.07) is 0. The number of hydrogen-bond acceptors (Lipinski definition) is 0. The van der Waals surface area contributed by atoms with Crippen molar-refractivity contribution in [1.29, 1.82) is 0 Å². The lowest BCUT2D eigenvalue weighted by atomic mass is 9.91. The minimum Gasteiger partial charge on any atom is -0.123 e. The van der Waals surface area contributed by atoms with Crippen LogP contribution in [0.1, 0.15) is 26.2 Å². The summed E-state index contributed by atoms with van der Waals surface area (Å²) in [5, 5.41) is 0.367. The third-order valence-corrected chi connectivity index (χ3v) is 2.13. The largest absolute Gasteiger partial charge is 0.123 e. The molecule has 1 fully saturated rings. The first-order chi connectivity index (χ1) is 3.79. The predicted molar refractivity (Wildman–Crippen MR) is 37.0 cm³/mol. The zero-order valence-electron chi connectivity index (χ0n) is 5.23. The molecule has 0 aromatic heterocycles. The Morgan fingerprint density at radius 3 is 2.62 bits per heavy atom. The van der Waals surface area contributed by atoms with Crippen molar-refractivity contribution in [1.82, 2.24) is 0 Å². The van der Waals surface area contributed by atoms with Crippen LogP contribution in [0.2, 0.25) is 0 Å². The standard InChI is InChI=1S/C7H12Cl/c1-6-2-4-7(8)5-3-6/h4,6-7H,2-3,5H2,1H3. The Morgan fingerprint density at radius 2 is 2.25 bits per heavy atom. The van der Waals surface area contributed by atoms with E-state index in [1.54, 1.807) is 0 Å². The van der Waals surface area contributed by atoms with Gasteiger partial charge in [-0.25, -0.2) is 0 Å². The van der Waals surface area contributed by atoms with E-state index in [2.05, 4.69) is 13.3 Å². The van der Waals surface area contributed by atoms with E-state index >= 15 is 0 Å². The van der Waals surface area contributed by atoms with Crippen LogP contribution in [0.3, 0.4) is 0 Å². The fourth-order valence-electron chi connectivity index (χ4n) is 1.06. The third-order valence-electron chi connectivity index (χ3n) is 1.73. The molecule has 1 aliphatic rings. The molecule has 0 nitrogen and oxygen atoms in total. The van der Waals surface area contributed by atoms with Gasteiger partial charge in [-0.15, -0.1) is 11.6 Å². The van der Waals surface area contributed by atoms with Crippen LogP contribution < -0.4 is 0 Å². The van der Waals surface area contributed by atoms with E-state index in [4.69, 9.17) is 11.6 Å². The molecule has 1 saturated carbocycles. The van der Waals surface area contributed by atoms with Gasteiger partial charge in [0.15, 0.2) is 0 Å². The average Bonchev–Trinajstić information content (AvgIpc) is 1.77. The summed E-state index contributed by atoms with van der Waals surface area (Å²) in [6.07, 6.45) is 5.93. The van der Waals surface area contributed by atoms with Gasteiger partial charge in [0.2, 0.25) is 0 Å². The van der Waals surface area contributed by atoms with E-state index in [0.717, 1.165) is 5.92 Å². The van der Waals surface area contributed by atoms with Crippen LogP contribution in [0, 0.1) is 12.3 Å². The van der Waals surface area contributed by atoms with Gasteiger partial charge in [0.05, 0.1) is 0 Å². The molecule has 47 valence electrons. The molecule has 0 heterocycles. The second kappa shape index (κ2) is 2.72. The minimum absolute atomic E-state index is 0.367. The summed E-state index contributed by atoms with van der Waals surface area (Å²) >= 11 is 5.83. The SMILES string of the molecule is CC1C[CH]C(Cl)CC1. The van der Waals surface area contributed by atoms with Crippen LogP contribution in [-0.2, 0) is 0 Å². The van der Waals surface area contributed by atoms with Gasteiger partial charge in [0.25, 0.3) is 0 Å². The van der Waals surface area contributed by atoms with E-state index in [-0.39, 0.29) is 0 Å². The topological polar surface area (TPSA) is 0 Å².